The van der Waals surface area contributed by atoms with E-state index >= 15 is 0 Å². The second-order valence-corrected chi connectivity index (χ2v) is 6.54. The van der Waals surface area contributed by atoms with Crippen LogP contribution < -0.4 is 10.1 Å². The highest BCUT2D eigenvalue weighted by Gasteiger charge is 2.22. The summed E-state index contributed by atoms with van der Waals surface area (Å²) in [4.78, 5) is 11.6. The Kier molecular flexibility index (Phi) is 5.66. The molecule has 1 aromatic carbocycles. The van der Waals surface area contributed by atoms with E-state index in [1.807, 2.05) is 45.0 Å². The second-order valence-electron chi connectivity index (χ2n) is 4.56. The Morgan fingerprint density at radius 2 is 2.17 bits per heavy atom. The van der Waals surface area contributed by atoms with Crippen molar-refractivity contribution in [3.63, 3.8) is 0 Å². The minimum atomic E-state index is -0.514. The van der Waals surface area contributed by atoms with E-state index in [0.29, 0.717) is 13.2 Å². The van der Waals surface area contributed by atoms with Gasteiger partial charge >= 0.3 is 0 Å². The zero-order valence-electron chi connectivity index (χ0n) is 11.1. The van der Waals surface area contributed by atoms with Gasteiger partial charge in [0.05, 0.1) is 10.9 Å². The molecule has 0 radical (unpaired) electrons. The van der Waals surface area contributed by atoms with Gasteiger partial charge in [-0.25, -0.2) is 0 Å². The molecule has 0 aliphatic rings. The van der Waals surface area contributed by atoms with E-state index in [-0.39, 0.29) is 5.91 Å². The quantitative estimate of drug-likeness (QED) is 0.820. The summed E-state index contributed by atoms with van der Waals surface area (Å²) in [6.07, 6.45) is 0.801. The van der Waals surface area contributed by atoms with E-state index < -0.39 is 4.32 Å². The van der Waals surface area contributed by atoms with Crippen molar-refractivity contribution in [3.8, 4) is 5.75 Å². The van der Waals surface area contributed by atoms with E-state index in [4.69, 9.17) is 4.74 Å². The summed E-state index contributed by atoms with van der Waals surface area (Å²) in [6.45, 7) is 6.92. The van der Waals surface area contributed by atoms with Crippen molar-refractivity contribution in [2.75, 3.05) is 13.2 Å². The molecule has 0 saturated heterocycles. The topological polar surface area (TPSA) is 38.3 Å². The van der Waals surface area contributed by atoms with Gasteiger partial charge in [-0.3, -0.25) is 4.79 Å². The second kappa shape index (κ2) is 6.78. The summed E-state index contributed by atoms with van der Waals surface area (Å²) in [5.74, 6) is 0.880. The molecule has 0 bridgehead atoms. The van der Waals surface area contributed by atoms with Gasteiger partial charge in [0.15, 0.2) is 0 Å². The molecule has 0 aliphatic heterocycles. The monoisotopic (exact) mass is 313 g/mol. The molecule has 18 heavy (non-hydrogen) atoms. The van der Waals surface area contributed by atoms with Crippen molar-refractivity contribution in [1.29, 1.82) is 0 Å². The largest absolute Gasteiger partial charge is 0.494 e. The van der Waals surface area contributed by atoms with Crippen LogP contribution in [0.5, 0.6) is 5.75 Å². The average Bonchev–Trinajstić information content (AvgIpc) is 2.28. The minimum absolute atomic E-state index is 0.00321. The fourth-order valence-electron chi connectivity index (χ4n) is 1.49. The molecule has 0 spiro atoms. The number of benzene rings is 1. The van der Waals surface area contributed by atoms with Crippen molar-refractivity contribution < 1.29 is 9.53 Å². The van der Waals surface area contributed by atoms with E-state index in [1.165, 1.54) is 0 Å². The molecule has 0 atom stereocenters. The van der Waals surface area contributed by atoms with E-state index in [1.54, 1.807) is 0 Å². The number of carbonyl (C=O) groups excluding carboxylic acids is 1. The number of amides is 1. The number of alkyl halides is 1. The van der Waals surface area contributed by atoms with Crippen LogP contribution in [0.3, 0.4) is 0 Å². The Morgan fingerprint density at radius 1 is 1.44 bits per heavy atom. The molecule has 0 fully saturated rings. The first-order valence-electron chi connectivity index (χ1n) is 6.12. The van der Waals surface area contributed by atoms with Crippen LogP contribution in [0.1, 0.15) is 26.3 Å². The van der Waals surface area contributed by atoms with Crippen LogP contribution in [-0.2, 0) is 11.2 Å². The van der Waals surface area contributed by atoms with Gasteiger partial charge in [-0.1, -0.05) is 28.1 Å². The van der Waals surface area contributed by atoms with Crippen molar-refractivity contribution in [2.24, 2.45) is 0 Å². The van der Waals surface area contributed by atoms with Gasteiger partial charge in [-0.05, 0) is 44.9 Å². The minimum Gasteiger partial charge on any atom is -0.494 e. The maximum atomic E-state index is 11.6. The van der Waals surface area contributed by atoms with Crippen LogP contribution in [0.15, 0.2) is 24.3 Å². The van der Waals surface area contributed by atoms with E-state index in [0.717, 1.165) is 17.7 Å². The van der Waals surface area contributed by atoms with Gasteiger partial charge in [0.25, 0.3) is 0 Å². The number of nitrogens with one attached hydrogen (secondary N) is 1. The molecule has 0 aliphatic carbocycles. The lowest BCUT2D eigenvalue weighted by Crippen LogP contribution is -2.38. The normalized spacial score (nSPS) is 11.1. The fraction of sp³-hybridized carbons (Fsp3) is 0.500. The zero-order chi connectivity index (χ0) is 13.6. The summed E-state index contributed by atoms with van der Waals surface area (Å²) in [5, 5.41) is 2.90. The van der Waals surface area contributed by atoms with Gasteiger partial charge in [0.1, 0.15) is 5.75 Å². The Labute approximate surface area is 117 Å². The predicted octanol–water partition coefficient (Wildman–Crippen LogP) is 2.92. The maximum Gasteiger partial charge on any atom is 0.236 e. The van der Waals surface area contributed by atoms with Crippen molar-refractivity contribution in [3.05, 3.63) is 29.8 Å². The Morgan fingerprint density at radius 3 is 2.78 bits per heavy atom. The van der Waals surface area contributed by atoms with Crippen LogP contribution in [0, 0.1) is 0 Å². The first-order valence-corrected chi connectivity index (χ1v) is 6.91. The number of ether oxygens (including phenoxy) is 1. The lowest BCUT2D eigenvalue weighted by molar-refractivity contribution is -0.122. The van der Waals surface area contributed by atoms with Crippen LogP contribution in [0.4, 0.5) is 0 Å². The highest BCUT2D eigenvalue weighted by Crippen LogP contribution is 2.16. The molecule has 1 amide bonds. The van der Waals surface area contributed by atoms with Gasteiger partial charge in [-0.15, -0.1) is 0 Å². The van der Waals surface area contributed by atoms with Gasteiger partial charge in [0, 0.05) is 6.54 Å². The van der Waals surface area contributed by atoms with Crippen molar-refractivity contribution >= 4 is 21.8 Å². The third kappa shape index (κ3) is 5.08. The number of rotatable bonds is 6. The van der Waals surface area contributed by atoms with Gasteiger partial charge in [0.2, 0.25) is 5.91 Å². The molecule has 100 valence electrons. The summed E-state index contributed by atoms with van der Waals surface area (Å²) in [5.41, 5.74) is 1.16. The van der Waals surface area contributed by atoms with Crippen LogP contribution in [0.25, 0.3) is 0 Å². The van der Waals surface area contributed by atoms with Crippen molar-refractivity contribution in [1.82, 2.24) is 5.32 Å². The van der Waals surface area contributed by atoms with E-state index in [2.05, 4.69) is 21.2 Å². The SMILES string of the molecule is CCOc1cccc(CCNC(=O)C(C)(C)Br)c1. The summed E-state index contributed by atoms with van der Waals surface area (Å²) in [6, 6.07) is 7.95. The molecule has 1 aromatic rings. The van der Waals surface area contributed by atoms with Gasteiger partial charge in [-0.2, -0.15) is 0 Å². The maximum absolute atomic E-state index is 11.6. The molecule has 0 aromatic heterocycles. The molecular formula is C14H20BrNO2. The first-order chi connectivity index (χ1) is 8.43. The smallest absolute Gasteiger partial charge is 0.236 e. The average molecular weight is 314 g/mol. The predicted molar refractivity (Wildman–Crippen MR) is 77.3 cm³/mol. The molecular weight excluding hydrogens is 294 g/mol. The third-order valence-corrected chi connectivity index (χ3v) is 2.81. The number of carbonyl (C=O) groups is 1. The molecule has 0 unspecified atom stereocenters. The summed E-state index contributed by atoms with van der Waals surface area (Å²) in [7, 11) is 0. The summed E-state index contributed by atoms with van der Waals surface area (Å²) < 4.78 is 4.92. The Bertz CT molecular complexity index is 399. The third-order valence-electron chi connectivity index (χ3n) is 2.45. The van der Waals surface area contributed by atoms with Crippen LogP contribution >= 0.6 is 15.9 Å². The highest BCUT2D eigenvalue weighted by molar-refractivity contribution is 9.10. The van der Waals surface area contributed by atoms with Crippen LogP contribution in [-0.4, -0.2) is 23.4 Å². The molecule has 1 N–H and O–H groups in total. The molecule has 1 rings (SSSR count). The Hall–Kier alpha value is -1.03. The highest BCUT2D eigenvalue weighted by atomic mass is 79.9. The molecule has 3 nitrogen and oxygen atoms in total. The lowest BCUT2D eigenvalue weighted by Gasteiger charge is -2.15. The Balaban J connectivity index is 2.44. The van der Waals surface area contributed by atoms with Crippen LogP contribution in [0.2, 0.25) is 0 Å². The standard InChI is InChI=1S/C14H20BrNO2/c1-4-18-12-7-5-6-11(10-12)8-9-16-13(17)14(2,3)15/h5-7,10H,4,8-9H2,1-3H3,(H,16,17). The number of hydrogen-bond donors (Lipinski definition) is 1. The fourth-order valence-corrected chi connectivity index (χ4v) is 1.63. The van der Waals surface area contributed by atoms with E-state index in [9.17, 15) is 4.79 Å². The number of halogens is 1. The zero-order valence-corrected chi connectivity index (χ0v) is 12.7. The number of hydrogen-bond acceptors (Lipinski definition) is 2. The molecule has 4 heteroatoms. The van der Waals surface area contributed by atoms with Crippen molar-refractivity contribution in [2.45, 2.75) is 31.5 Å². The first kappa shape index (κ1) is 15.0. The lowest BCUT2D eigenvalue weighted by atomic mass is 10.1. The molecule has 0 saturated carbocycles. The molecule has 0 heterocycles. The van der Waals surface area contributed by atoms with Gasteiger partial charge < -0.3 is 10.1 Å². The summed E-state index contributed by atoms with van der Waals surface area (Å²) >= 11 is 3.33.